The van der Waals surface area contributed by atoms with Crippen molar-refractivity contribution in [3.05, 3.63) is 59.0 Å². The molecule has 0 unspecified atom stereocenters. The van der Waals surface area contributed by atoms with Gasteiger partial charge in [0.15, 0.2) is 12.0 Å². The van der Waals surface area contributed by atoms with Crippen LogP contribution in [-0.4, -0.2) is 50.1 Å². The van der Waals surface area contributed by atoms with Crippen molar-refractivity contribution in [3.63, 3.8) is 0 Å². The second-order valence-electron chi connectivity index (χ2n) is 6.99. The number of carbonyl (C=O) groups excluding carboxylic acids is 1. The molecule has 1 aliphatic heterocycles. The van der Waals surface area contributed by atoms with Gasteiger partial charge < -0.3 is 23.5 Å². The predicted octanol–water partition coefficient (Wildman–Crippen LogP) is 3.60. The van der Waals surface area contributed by atoms with Gasteiger partial charge in [0.1, 0.15) is 23.3 Å². The summed E-state index contributed by atoms with van der Waals surface area (Å²) in [5, 5.41) is 0.268. The molecular weight excluding hydrogens is 431 g/mol. The molecule has 2 aromatic carbocycles. The third-order valence-electron chi connectivity index (χ3n) is 4.87. The van der Waals surface area contributed by atoms with Crippen molar-refractivity contribution in [1.29, 1.82) is 0 Å². The first-order chi connectivity index (χ1) is 15.3. The fraction of sp³-hybridized carbons (Fsp3) is 0.273. The molecule has 1 amide bonds. The van der Waals surface area contributed by atoms with Gasteiger partial charge in [0, 0.05) is 19.2 Å². The monoisotopic (exact) mass is 449 g/mol. The summed E-state index contributed by atoms with van der Waals surface area (Å²) in [4.78, 5) is 26.7. The third-order valence-corrected chi connectivity index (χ3v) is 4.87. The summed E-state index contributed by atoms with van der Waals surface area (Å²) in [6.07, 6.45) is -3.57. The van der Waals surface area contributed by atoms with Gasteiger partial charge in [0.2, 0.25) is 0 Å². The molecule has 0 N–H and O–H groups in total. The fourth-order valence-corrected chi connectivity index (χ4v) is 3.28. The predicted molar refractivity (Wildman–Crippen MR) is 107 cm³/mol. The first-order valence-electron chi connectivity index (χ1n) is 9.70. The summed E-state index contributed by atoms with van der Waals surface area (Å²) in [6, 6.07) is 9.50. The van der Waals surface area contributed by atoms with Gasteiger partial charge in [-0.05, 0) is 29.8 Å². The number of amides is 1. The Hall–Kier alpha value is -3.53. The van der Waals surface area contributed by atoms with Crippen molar-refractivity contribution >= 4 is 16.9 Å². The molecule has 3 aromatic rings. The zero-order chi connectivity index (χ0) is 22.7. The molecule has 0 radical (unpaired) electrons. The van der Waals surface area contributed by atoms with Crippen molar-refractivity contribution in [3.8, 4) is 22.6 Å². The van der Waals surface area contributed by atoms with E-state index in [9.17, 15) is 22.8 Å². The maximum atomic E-state index is 12.8. The topological polar surface area (TPSA) is 78.2 Å². The highest BCUT2D eigenvalue weighted by atomic mass is 19.4. The first-order valence-corrected chi connectivity index (χ1v) is 9.70. The molecule has 168 valence electrons. The van der Waals surface area contributed by atoms with E-state index >= 15 is 0 Å². The average Bonchev–Trinajstić information content (AvgIpc) is 2.78. The Bertz CT molecular complexity index is 1170. The number of hydrogen-bond acceptors (Lipinski definition) is 6. The van der Waals surface area contributed by atoms with Crippen LogP contribution >= 0.6 is 0 Å². The standard InChI is InChI=1S/C22H18F3NO6/c23-22(24,25)32-15-3-1-14(2-4-15)18-12-31-19-11-16(5-6-17(19)21(18)28)30-13-20(27)26-7-9-29-10-8-26/h1-6,11-12H,7-10,13H2. The van der Waals surface area contributed by atoms with E-state index in [0.29, 0.717) is 37.6 Å². The number of ether oxygens (including phenoxy) is 3. The maximum Gasteiger partial charge on any atom is 0.573 e. The summed E-state index contributed by atoms with van der Waals surface area (Å²) < 4.78 is 57.1. The van der Waals surface area contributed by atoms with E-state index in [4.69, 9.17) is 13.9 Å². The Morgan fingerprint density at radius 2 is 1.72 bits per heavy atom. The zero-order valence-electron chi connectivity index (χ0n) is 16.7. The third kappa shape index (κ3) is 5.02. The Kier molecular flexibility index (Phi) is 6.04. The first kappa shape index (κ1) is 21.7. The number of fused-ring (bicyclic) bond motifs is 1. The van der Waals surface area contributed by atoms with Crippen LogP contribution in [0.1, 0.15) is 0 Å². The molecule has 2 heterocycles. The van der Waals surface area contributed by atoms with Gasteiger partial charge in [-0.2, -0.15) is 0 Å². The van der Waals surface area contributed by atoms with E-state index in [0.717, 1.165) is 12.1 Å². The minimum atomic E-state index is -4.80. The Labute approximate surface area is 179 Å². The molecule has 1 aliphatic rings. The SMILES string of the molecule is O=C(COc1ccc2c(=O)c(-c3ccc(OC(F)(F)F)cc3)coc2c1)N1CCOCC1. The number of nitrogens with zero attached hydrogens (tertiary/aromatic N) is 1. The number of carbonyl (C=O) groups is 1. The van der Waals surface area contributed by atoms with Gasteiger partial charge in [-0.1, -0.05) is 12.1 Å². The molecule has 0 bridgehead atoms. The van der Waals surface area contributed by atoms with Crippen LogP contribution in [0.2, 0.25) is 0 Å². The number of morpholine rings is 1. The summed E-state index contributed by atoms with van der Waals surface area (Å²) in [7, 11) is 0. The van der Waals surface area contributed by atoms with Crippen LogP contribution in [0.25, 0.3) is 22.1 Å². The number of rotatable bonds is 5. The number of hydrogen-bond donors (Lipinski definition) is 0. The number of alkyl halides is 3. The highest BCUT2D eigenvalue weighted by Crippen LogP contribution is 2.27. The van der Waals surface area contributed by atoms with E-state index in [1.165, 1.54) is 30.5 Å². The van der Waals surface area contributed by atoms with E-state index in [1.807, 2.05) is 0 Å². The van der Waals surface area contributed by atoms with Crippen molar-refractivity contribution in [1.82, 2.24) is 4.90 Å². The molecule has 1 fully saturated rings. The van der Waals surface area contributed by atoms with Crippen LogP contribution in [0.15, 0.2) is 57.9 Å². The molecule has 32 heavy (non-hydrogen) atoms. The van der Waals surface area contributed by atoms with Crippen LogP contribution < -0.4 is 14.9 Å². The van der Waals surface area contributed by atoms with Gasteiger partial charge in [-0.25, -0.2) is 0 Å². The van der Waals surface area contributed by atoms with Gasteiger partial charge in [-0.3, -0.25) is 9.59 Å². The second kappa shape index (κ2) is 8.91. The smallest absolute Gasteiger partial charge is 0.484 e. The lowest BCUT2D eigenvalue weighted by molar-refractivity contribution is -0.274. The maximum absolute atomic E-state index is 12.8. The van der Waals surface area contributed by atoms with Gasteiger partial charge in [0.05, 0.1) is 24.2 Å². The Morgan fingerprint density at radius 1 is 1.03 bits per heavy atom. The van der Waals surface area contributed by atoms with Crippen molar-refractivity contribution in [2.75, 3.05) is 32.9 Å². The number of halogens is 3. The van der Waals surface area contributed by atoms with Gasteiger partial charge in [0.25, 0.3) is 5.91 Å². The lowest BCUT2D eigenvalue weighted by atomic mass is 10.1. The van der Waals surface area contributed by atoms with Crippen molar-refractivity contribution in [2.24, 2.45) is 0 Å². The lowest BCUT2D eigenvalue weighted by Gasteiger charge is -2.26. The molecule has 4 rings (SSSR count). The summed E-state index contributed by atoms with van der Waals surface area (Å²) in [6.45, 7) is 1.86. The molecule has 0 spiro atoms. The highest BCUT2D eigenvalue weighted by molar-refractivity contribution is 5.83. The van der Waals surface area contributed by atoms with Crippen LogP contribution in [0.4, 0.5) is 13.2 Å². The Balaban J connectivity index is 1.49. The molecule has 0 atom stereocenters. The number of benzene rings is 2. The normalized spacial score (nSPS) is 14.4. The second-order valence-corrected chi connectivity index (χ2v) is 6.99. The van der Waals surface area contributed by atoms with Crippen LogP contribution in [0, 0.1) is 0 Å². The summed E-state index contributed by atoms with van der Waals surface area (Å²) >= 11 is 0. The molecular formula is C22H18F3NO6. The van der Waals surface area contributed by atoms with E-state index in [1.54, 1.807) is 11.0 Å². The zero-order valence-corrected chi connectivity index (χ0v) is 16.7. The summed E-state index contributed by atoms with van der Waals surface area (Å²) in [5.74, 6) is -0.188. The highest BCUT2D eigenvalue weighted by Gasteiger charge is 2.31. The van der Waals surface area contributed by atoms with E-state index in [2.05, 4.69) is 4.74 Å². The minimum Gasteiger partial charge on any atom is -0.484 e. The van der Waals surface area contributed by atoms with Crippen LogP contribution in [-0.2, 0) is 9.53 Å². The summed E-state index contributed by atoms with van der Waals surface area (Å²) in [5.41, 5.74) is 0.470. The van der Waals surface area contributed by atoms with E-state index < -0.39 is 6.36 Å². The van der Waals surface area contributed by atoms with Crippen molar-refractivity contribution < 1.29 is 36.6 Å². The Morgan fingerprint density at radius 3 is 2.41 bits per heavy atom. The van der Waals surface area contributed by atoms with Crippen LogP contribution in [0.5, 0.6) is 11.5 Å². The molecule has 1 saturated heterocycles. The molecule has 0 aliphatic carbocycles. The van der Waals surface area contributed by atoms with Gasteiger partial charge in [-0.15, -0.1) is 13.2 Å². The van der Waals surface area contributed by atoms with Gasteiger partial charge >= 0.3 is 6.36 Å². The fourth-order valence-electron chi connectivity index (χ4n) is 3.28. The minimum absolute atomic E-state index is 0.153. The van der Waals surface area contributed by atoms with Crippen LogP contribution in [0.3, 0.4) is 0 Å². The molecule has 1 aromatic heterocycles. The quantitative estimate of drug-likeness (QED) is 0.593. The molecule has 10 heteroatoms. The van der Waals surface area contributed by atoms with Crippen molar-refractivity contribution in [2.45, 2.75) is 6.36 Å². The molecule has 0 saturated carbocycles. The largest absolute Gasteiger partial charge is 0.573 e. The van der Waals surface area contributed by atoms with E-state index in [-0.39, 0.29) is 40.2 Å². The lowest BCUT2D eigenvalue weighted by Crippen LogP contribution is -2.42. The average molecular weight is 449 g/mol. The molecule has 7 nitrogen and oxygen atoms in total.